The molecule has 2 N–H and O–H groups in total. The lowest BCUT2D eigenvalue weighted by atomic mass is 10.1. The summed E-state index contributed by atoms with van der Waals surface area (Å²) in [4.78, 5) is 21.7. The lowest BCUT2D eigenvalue weighted by Crippen LogP contribution is -2.46. The number of methoxy groups -OCH3 is 1. The third-order valence-electron chi connectivity index (χ3n) is 1.60. The van der Waals surface area contributed by atoms with E-state index in [0.29, 0.717) is 6.54 Å². The number of nitrogens with one attached hydrogen (secondary N) is 2. The summed E-state index contributed by atoms with van der Waals surface area (Å²) in [5.74, 6) is -0.763. The molecule has 82 valence electrons. The van der Waals surface area contributed by atoms with Gasteiger partial charge in [0.15, 0.2) is 0 Å². The Morgan fingerprint density at radius 2 is 2.00 bits per heavy atom. The van der Waals surface area contributed by atoms with Gasteiger partial charge in [-0.1, -0.05) is 0 Å². The normalized spacial score (nSPS) is 10.9. The number of amides is 3. The largest absolute Gasteiger partial charge is 0.377 e. The molecule has 0 saturated heterocycles. The van der Waals surface area contributed by atoms with Crippen molar-refractivity contribution in [1.82, 2.24) is 10.6 Å². The molecule has 0 aromatic heterocycles. The Kier molecular flexibility index (Phi) is 5.49. The van der Waals surface area contributed by atoms with Crippen LogP contribution in [0.5, 0.6) is 0 Å². The summed E-state index contributed by atoms with van der Waals surface area (Å²) in [6.45, 7) is 3.94. The summed E-state index contributed by atoms with van der Waals surface area (Å²) in [5, 5.41) is 4.53. The topological polar surface area (TPSA) is 67.4 Å². The van der Waals surface area contributed by atoms with Crippen LogP contribution in [0.25, 0.3) is 0 Å². The Bertz CT molecular complexity index is 219. The molecule has 0 heterocycles. The smallest absolute Gasteiger partial charge is 0.321 e. The summed E-state index contributed by atoms with van der Waals surface area (Å²) in [7, 11) is 1.55. The molecule has 0 unspecified atom stereocenters. The van der Waals surface area contributed by atoms with E-state index >= 15 is 0 Å². The van der Waals surface area contributed by atoms with Gasteiger partial charge < -0.3 is 10.1 Å². The molecule has 0 fully saturated rings. The Labute approximate surface area is 88.1 Å². The number of hydrogen-bond acceptors (Lipinski definition) is 3. The molecular formula is C8H15ClN2O3. The van der Waals surface area contributed by atoms with E-state index in [2.05, 4.69) is 5.32 Å². The Hall–Kier alpha value is -0.810. The minimum absolute atomic E-state index is 0.235. The molecule has 0 radical (unpaired) electrons. The van der Waals surface area contributed by atoms with E-state index in [1.165, 1.54) is 0 Å². The minimum atomic E-state index is -0.569. The Balaban J connectivity index is 3.80. The van der Waals surface area contributed by atoms with E-state index in [1.807, 2.05) is 19.2 Å². The zero-order chi connectivity index (χ0) is 11.2. The van der Waals surface area contributed by atoms with Crippen molar-refractivity contribution in [2.24, 2.45) is 0 Å². The van der Waals surface area contributed by atoms with Gasteiger partial charge in [0.1, 0.15) is 5.88 Å². The van der Waals surface area contributed by atoms with Crippen molar-refractivity contribution in [1.29, 1.82) is 0 Å². The van der Waals surface area contributed by atoms with Gasteiger partial charge in [0.05, 0.1) is 5.60 Å². The molecule has 0 spiro atoms. The quantitative estimate of drug-likeness (QED) is 0.680. The lowest BCUT2D eigenvalue weighted by Gasteiger charge is -2.22. The van der Waals surface area contributed by atoms with E-state index < -0.39 is 17.5 Å². The molecule has 6 heteroatoms. The van der Waals surface area contributed by atoms with Crippen molar-refractivity contribution >= 4 is 23.5 Å². The number of alkyl halides is 1. The summed E-state index contributed by atoms with van der Waals surface area (Å²) in [6.07, 6.45) is 0. The van der Waals surface area contributed by atoms with Gasteiger partial charge in [-0.2, -0.15) is 0 Å². The van der Waals surface area contributed by atoms with E-state index in [4.69, 9.17) is 16.3 Å². The van der Waals surface area contributed by atoms with Crippen LogP contribution in [0.2, 0.25) is 0 Å². The second-order valence-corrected chi connectivity index (χ2v) is 3.60. The van der Waals surface area contributed by atoms with Crippen molar-refractivity contribution in [2.45, 2.75) is 19.4 Å². The van der Waals surface area contributed by atoms with Gasteiger partial charge in [-0.25, -0.2) is 4.79 Å². The first-order valence-corrected chi connectivity index (χ1v) is 4.63. The average Bonchev–Trinajstić information content (AvgIpc) is 2.15. The van der Waals surface area contributed by atoms with Crippen molar-refractivity contribution < 1.29 is 14.3 Å². The first-order valence-electron chi connectivity index (χ1n) is 4.10. The highest BCUT2D eigenvalue weighted by molar-refractivity contribution is 6.28. The van der Waals surface area contributed by atoms with E-state index in [-0.39, 0.29) is 5.88 Å². The molecule has 0 rings (SSSR count). The molecule has 14 heavy (non-hydrogen) atoms. The molecule has 0 atom stereocenters. The Morgan fingerprint density at radius 3 is 2.43 bits per heavy atom. The highest BCUT2D eigenvalue weighted by atomic mass is 35.5. The van der Waals surface area contributed by atoms with Crippen LogP contribution in [0.15, 0.2) is 0 Å². The predicted octanol–water partition coefficient (Wildman–Crippen LogP) is 0.476. The van der Waals surface area contributed by atoms with Gasteiger partial charge in [-0.3, -0.25) is 10.1 Å². The standard InChI is InChI=1S/C8H15ClN2O3/c1-8(2,14-3)5-10-7(13)11-6(12)4-9/h4-5H2,1-3H3,(H2,10,11,12,13). The van der Waals surface area contributed by atoms with Crippen LogP contribution >= 0.6 is 11.6 Å². The van der Waals surface area contributed by atoms with Crippen LogP contribution < -0.4 is 10.6 Å². The van der Waals surface area contributed by atoms with Crippen molar-refractivity contribution in [2.75, 3.05) is 19.5 Å². The van der Waals surface area contributed by atoms with Gasteiger partial charge in [0.25, 0.3) is 0 Å². The Morgan fingerprint density at radius 1 is 1.43 bits per heavy atom. The van der Waals surface area contributed by atoms with Crippen molar-refractivity contribution in [3.05, 3.63) is 0 Å². The van der Waals surface area contributed by atoms with Crippen LogP contribution in [0.3, 0.4) is 0 Å². The second kappa shape index (κ2) is 5.82. The van der Waals surface area contributed by atoms with Gasteiger partial charge in [0.2, 0.25) is 5.91 Å². The zero-order valence-corrected chi connectivity index (χ0v) is 9.27. The van der Waals surface area contributed by atoms with E-state index in [1.54, 1.807) is 7.11 Å². The fraction of sp³-hybridized carbons (Fsp3) is 0.750. The maximum absolute atomic E-state index is 11.0. The average molecular weight is 223 g/mol. The summed E-state index contributed by atoms with van der Waals surface area (Å²) < 4.78 is 5.07. The zero-order valence-electron chi connectivity index (χ0n) is 8.52. The predicted molar refractivity (Wildman–Crippen MR) is 53.3 cm³/mol. The number of ether oxygens (including phenoxy) is 1. The molecule has 0 saturated carbocycles. The second-order valence-electron chi connectivity index (χ2n) is 3.33. The summed E-state index contributed by atoms with van der Waals surface area (Å²) >= 11 is 5.20. The van der Waals surface area contributed by atoms with E-state index in [0.717, 1.165) is 0 Å². The van der Waals surface area contributed by atoms with Crippen LogP contribution in [0.1, 0.15) is 13.8 Å². The van der Waals surface area contributed by atoms with Crippen LogP contribution in [-0.2, 0) is 9.53 Å². The van der Waals surface area contributed by atoms with Crippen LogP contribution in [-0.4, -0.2) is 37.1 Å². The monoisotopic (exact) mass is 222 g/mol. The number of rotatable bonds is 4. The van der Waals surface area contributed by atoms with Crippen LogP contribution in [0.4, 0.5) is 4.79 Å². The number of urea groups is 1. The SMILES string of the molecule is COC(C)(C)CNC(=O)NC(=O)CCl. The van der Waals surface area contributed by atoms with Gasteiger partial charge >= 0.3 is 6.03 Å². The summed E-state index contributed by atoms with van der Waals surface area (Å²) in [6, 6.07) is -0.569. The molecule has 0 aliphatic rings. The molecule has 0 aliphatic carbocycles. The molecule has 0 bridgehead atoms. The van der Waals surface area contributed by atoms with Crippen molar-refractivity contribution in [3.63, 3.8) is 0 Å². The first kappa shape index (κ1) is 13.2. The minimum Gasteiger partial charge on any atom is -0.377 e. The van der Waals surface area contributed by atoms with Gasteiger partial charge in [-0.15, -0.1) is 11.6 Å². The first-order chi connectivity index (χ1) is 6.41. The molecule has 0 aromatic rings. The number of halogens is 1. The van der Waals surface area contributed by atoms with Gasteiger partial charge in [0, 0.05) is 13.7 Å². The molecule has 5 nitrogen and oxygen atoms in total. The van der Waals surface area contributed by atoms with E-state index in [9.17, 15) is 9.59 Å². The number of carbonyl (C=O) groups excluding carboxylic acids is 2. The third kappa shape index (κ3) is 5.77. The number of imide groups is 1. The fourth-order valence-electron chi connectivity index (χ4n) is 0.570. The maximum atomic E-state index is 11.0. The molecule has 0 aliphatic heterocycles. The fourth-order valence-corrected chi connectivity index (χ4v) is 0.636. The maximum Gasteiger partial charge on any atom is 0.321 e. The number of hydrogen-bond donors (Lipinski definition) is 2. The van der Waals surface area contributed by atoms with Gasteiger partial charge in [-0.05, 0) is 13.8 Å². The van der Waals surface area contributed by atoms with Crippen LogP contribution in [0, 0.1) is 0 Å². The third-order valence-corrected chi connectivity index (χ3v) is 1.84. The number of carbonyl (C=O) groups is 2. The highest BCUT2D eigenvalue weighted by Crippen LogP contribution is 2.04. The molecule has 3 amide bonds. The van der Waals surface area contributed by atoms with Crippen molar-refractivity contribution in [3.8, 4) is 0 Å². The molecule has 0 aromatic carbocycles. The summed E-state index contributed by atoms with van der Waals surface area (Å²) in [5.41, 5.74) is -0.457. The molecular weight excluding hydrogens is 208 g/mol. The lowest BCUT2D eigenvalue weighted by molar-refractivity contribution is -0.117. The highest BCUT2D eigenvalue weighted by Gasteiger charge is 2.17.